The zero-order valence-corrected chi connectivity index (χ0v) is 19.7. The van der Waals surface area contributed by atoms with Crippen molar-refractivity contribution in [2.45, 2.75) is 38.2 Å². The van der Waals surface area contributed by atoms with Crippen molar-refractivity contribution in [2.24, 2.45) is 0 Å². The summed E-state index contributed by atoms with van der Waals surface area (Å²) < 4.78 is 18.6. The molecule has 2 aromatic carbocycles. The Bertz CT molecular complexity index is 1160. The minimum atomic E-state index is -1.08. The summed E-state index contributed by atoms with van der Waals surface area (Å²) in [5.41, 5.74) is 2.73. The number of benzene rings is 2. The maximum Gasteiger partial charge on any atom is 0.316 e. The number of nitrogens with one attached hydrogen (secondary N) is 1. The summed E-state index contributed by atoms with van der Waals surface area (Å²) in [7, 11) is 0. The van der Waals surface area contributed by atoms with Gasteiger partial charge in [0, 0.05) is 0 Å². The van der Waals surface area contributed by atoms with Crippen molar-refractivity contribution in [3.05, 3.63) is 71.8 Å². The molecule has 0 bridgehead atoms. The van der Waals surface area contributed by atoms with Crippen molar-refractivity contribution >= 4 is 23.0 Å². The summed E-state index contributed by atoms with van der Waals surface area (Å²) in [5, 5.41) is 23.7. The number of anilines is 3. The van der Waals surface area contributed by atoms with E-state index >= 15 is 0 Å². The van der Waals surface area contributed by atoms with Crippen LogP contribution in [0.5, 0.6) is 6.01 Å². The van der Waals surface area contributed by atoms with Crippen molar-refractivity contribution in [3.63, 3.8) is 0 Å². The number of hydrogen-bond acceptors (Lipinski definition) is 7. The standard InChI is InChI=1S/C26H29FN4O4/c1-3-17(12-24(32)33)18-5-10-23(22(11-18)30-21-13-28-25(29-14-21)35-4-2)31-15-26(34,16-31)19-6-8-20(27)9-7-19/h5-11,13-14,17,30,34H,3-4,12,15-16H2,1-2H3,(H,32,33). The molecular formula is C26H29FN4O4. The van der Waals surface area contributed by atoms with Gasteiger partial charge in [0.05, 0.1) is 55.6 Å². The second kappa shape index (κ2) is 10.3. The second-order valence-electron chi connectivity index (χ2n) is 8.69. The first-order valence-corrected chi connectivity index (χ1v) is 11.6. The van der Waals surface area contributed by atoms with E-state index in [1.165, 1.54) is 12.1 Å². The predicted octanol–water partition coefficient (Wildman–Crippen LogP) is 4.43. The third kappa shape index (κ3) is 5.51. The molecule has 8 nitrogen and oxygen atoms in total. The molecule has 1 atom stereocenters. The number of nitrogens with zero attached hydrogens (tertiary/aromatic N) is 3. The van der Waals surface area contributed by atoms with Crippen LogP contribution in [-0.2, 0) is 10.4 Å². The lowest BCUT2D eigenvalue weighted by molar-refractivity contribution is -0.137. The Kier molecular flexibility index (Phi) is 7.16. The molecule has 0 saturated carbocycles. The lowest BCUT2D eigenvalue weighted by atomic mass is 9.85. The maximum absolute atomic E-state index is 13.3. The van der Waals surface area contributed by atoms with E-state index in [0.717, 1.165) is 16.9 Å². The molecule has 1 aliphatic rings. The van der Waals surface area contributed by atoms with Crippen molar-refractivity contribution < 1.29 is 24.1 Å². The number of carboxylic acid groups (broad SMARTS) is 1. The van der Waals surface area contributed by atoms with Crippen LogP contribution < -0.4 is 15.0 Å². The number of aliphatic hydroxyl groups is 1. The van der Waals surface area contributed by atoms with Gasteiger partial charge in [0.25, 0.3) is 0 Å². The van der Waals surface area contributed by atoms with Gasteiger partial charge in [-0.2, -0.15) is 0 Å². The highest BCUT2D eigenvalue weighted by Crippen LogP contribution is 2.41. The lowest BCUT2D eigenvalue weighted by Crippen LogP contribution is -2.59. The first-order chi connectivity index (χ1) is 16.8. The Labute approximate surface area is 203 Å². The monoisotopic (exact) mass is 480 g/mol. The second-order valence-corrected chi connectivity index (χ2v) is 8.69. The topological polar surface area (TPSA) is 108 Å². The maximum atomic E-state index is 13.3. The Morgan fingerprint density at radius 2 is 1.86 bits per heavy atom. The van der Waals surface area contributed by atoms with E-state index in [-0.39, 0.29) is 24.2 Å². The number of hydrogen-bond donors (Lipinski definition) is 3. The zero-order valence-electron chi connectivity index (χ0n) is 19.7. The van der Waals surface area contributed by atoms with Gasteiger partial charge in [0.15, 0.2) is 0 Å². The Balaban J connectivity index is 1.61. The summed E-state index contributed by atoms with van der Waals surface area (Å²) in [6.45, 7) is 4.95. The predicted molar refractivity (Wildman–Crippen MR) is 131 cm³/mol. The minimum Gasteiger partial charge on any atom is -0.481 e. The molecule has 1 fully saturated rings. The summed E-state index contributed by atoms with van der Waals surface area (Å²) >= 11 is 0. The molecule has 4 rings (SSSR count). The van der Waals surface area contributed by atoms with Crippen LogP contribution >= 0.6 is 0 Å². The highest BCUT2D eigenvalue weighted by atomic mass is 19.1. The molecule has 9 heteroatoms. The minimum absolute atomic E-state index is 0.0372. The van der Waals surface area contributed by atoms with Crippen LogP contribution in [0.25, 0.3) is 0 Å². The molecule has 0 amide bonds. The molecule has 1 aromatic heterocycles. The molecule has 184 valence electrons. The van der Waals surface area contributed by atoms with E-state index in [1.54, 1.807) is 24.5 Å². The third-order valence-electron chi connectivity index (χ3n) is 6.21. The smallest absolute Gasteiger partial charge is 0.316 e. The number of carbonyl (C=O) groups is 1. The van der Waals surface area contributed by atoms with E-state index in [0.29, 0.717) is 37.4 Å². The van der Waals surface area contributed by atoms with E-state index in [9.17, 15) is 19.4 Å². The van der Waals surface area contributed by atoms with Gasteiger partial charge in [0.1, 0.15) is 11.4 Å². The molecular weight excluding hydrogens is 451 g/mol. The number of β-amino-alcohol motifs (C(OH)–C–C–N with tert-alkyl or cyclic N) is 1. The Morgan fingerprint density at radius 1 is 1.17 bits per heavy atom. The zero-order chi connectivity index (χ0) is 25.0. The number of rotatable bonds is 10. The van der Waals surface area contributed by atoms with Gasteiger partial charge >= 0.3 is 12.0 Å². The summed E-state index contributed by atoms with van der Waals surface area (Å²) in [4.78, 5) is 21.8. The molecule has 0 spiro atoms. The van der Waals surface area contributed by atoms with Crippen LogP contribution in [0.3, 0.4) is 0 Å². The van der Waals surface area contributed by atoms with Gasteiger partial charge in [0.2, 0.25) is 0 Å². The third-order valence-corrected chi connectivity index (χ3v) is 6.21. The lowest BCUT2D eigenvalue weighted by Gasteiger charge is -2.48. The number of halogens is 1. The Hall–Kier alpha value is -3.72. The van der Waals surface area contributed by atoms with Crippen LogP contribution in [-0.4, -0.2) is 45.8 Å². The van der Waals surface area contributed by atoms with Crippen LogP contribution in [0.1, 0.15) is 43.7 Å². The molecule has 2 heterocycles. The van der Waals surface area contributed by atoms with Crippen LogP contribution in [0.15, 0.2) is 54.9 Å². The summed E-state index contributed by atoms with van der Waals surface area (Å²) in [6.07, 6.45) is 3.96. The van der Waals surface area contributed by atoms with Crippen molar-refractivity contribution in [1.82, 2.24) is 9.97 Å². The largest absolute Gasteiger partial charge is 0.481 e. The first kappa shape index (κ1) is 24.4. The van der Waals surface area contributed by atoms with Gasteiger partial charge in [-0.15, -0.1) is 0 Å². The average Bonchev–Trinajstić information content (AvgIpc) is 2.82. The molecule has 0 aliphatic carbocycles. The molecule has 1 unspecified atom stereocenters. The van der Waals surface area contributed by atoms with Crippen molar-refractivity contribution in [1.29, 1.82) is 0 Å². The van der Waals surface area contributed by atoms with Gasteiger partial charge < -0.3 is 25.2 Å². The van der Waals surface area contributed by atoms with E-state index < -0.39 is 11.6 Å². The van der Waals surface area contributed by atoms with Gasteiger partial charge in [-0.1, -0.05) is 25.1 Å². The molecule has 3 N–H and O–H groups in total. The fourth-order valence-electron chi connectivity index (χ4n) is 4.33. The summed E-state index contributed by atoms with van der Waals surface area (Å²) in [5.74, 6) is -1.33. The molecule has 35 heavy (non-hydrogen) atoms. The average molecular weight is 481 g/mol. The van der Waals surface area contributed by atoms with E-state index in [1.807, 2.05) is 36.9 Å². The highest BCUT2D eigenvalue weighted by Gasteiger charge is 2.43. The number of carboxylic acids is 1. The van der Waals surface area contributed by atoms with Crippen LogP contribution in [0, 0.1) is 5.82 Å². The fraction of sp³-hybridized carbons (Fsp3) is 0.346. The summed E-state index contributed by atoms with van der Waals surface area (Å²) in [6, 6.07) is 12.0. The molecule has 1 saturated heterocycles. The van der Waals surface area contributed by atoms with Crippen molar-refractivity contribution in [2.75, 3.05) is 29.9 Å². The van der Waals surface area contributed by atoms with E-state index in [2.05, 4.69) is 15.3 Å². The normalized spacial score (nSPS) is 15.3. The molecule has 1 aliphatic heterocycles. The number of ether oxygens (including phenoxy) is 1. The SMILES string of the molecule is CCOc1ncc(Nc2cc(C(CC)CC(=O)O)ccc2N2CC(O)(c3ccc(F)cc3)C2)cn1. The van der Waals surface area contributed by atoms with Crippen molar-refractivity contribution in [3.8, 4) is 6.01 Å². The van der Waals surface area contributed by atoms with Gasteiger partial charge in [-0.25, -0.2) is 14.4 Å². The van der Waals surface area contributed by atoms with Crippen LogP contribution in [0.2, 0.25) is 0 Å². The quantitative estimate of drug-likeness (QED) is 0.391. The first-order valence-electron chi connectivity index (χ1n) is 11.6. The highest BCUT2D eigenvalue weighted by molar-refractivity contribution is 5.77. The van der Waals surface area contributed by atoms with Gasteiger partial charge in [-0.05, 0) is 54.7 Å². The fourth-order valence-corrected chi connectivity index (χ4v) is 4.33. The van der Waals surface area contributed by atoms with Crippen LogP contribution in [0.4, 0.5) is 21.5 Å². The Morgan fingerprint density at radius 3 is 2.46 bits per heavy atom. The molecule has 0 radical (unpaired) electrons. The number of aromatic nitrogens is 2. The van der Waals surface area contributed by atoms with E-state index in [4.69, 9.17) is 4.74 Å². The molecule has 3 aromatic rings. The van der Waals surface area contributed by atoms with Gasteiger partial charge in [-0.3, -0.25) is 4.79 Å². The number of aliphatic carboxylic acids is 1.